The van der Waals surface area contributed by atoms with Gasteiger partial charge in [-0.1, -0.05) is 38.8 Å². The average molecular weight is 556 g/mol. The van der Waals surface area contributed by atoms with Crippen LogP contribution in [0.3, 0.4) is 0 Å². The fraction of sp³-hybridized carbons (Fsp3) is 0.571. The van der Waals surface area contributed by atoms with Crippen LogP contribution in [0.25, 0.3) is 0 Å². The topological polar surface area (TPSA) is 156 Å². The minimum absolute atomic E-state index is 0.134. The van der Waals surface area contributed by atoms with E-state index in [0.29, 0.717) is 49.4 Å². The van der Waals surface area contributed by atoms with E-state index < -0.39 is 35.8 Å². The fourth-order valence-electron chi connectivity index (χ4n) is 4.25. The van der Waals surface area contributed by atoms with E-state index in [4.69, 9.17) is 4.74 Å². The van der Waals surface area contributed by atoms with Gasteiger partial charge in [-0.15, -0.1) is 5.10 Å². The Labute approximate surface area is 235 Å². The molecule has 4 bridgehead atoms. The Hall–Kier alpha value is -3.96. The van der Waals surface area contributed by atoms with Crippen LogP contribution in [0.1, 0.15) is 75.9 Å². The molecule has 4 N–H and O–H groups in total. The second-order valence-electron chi connectivity index (χ2n) is 10.5. The Bertz CT molecular complexity index is 1150. The van der Waals surface area contributed by atoms with Crippen LogP contribution in [-0.4, -0.2) is 63.4 Å². The minimum atomic E-state index is -0.922. The summed E-state index contributed by atoms with van der Waals surface area (Å²) >= 11 is 0. The van der Waals surface area contributed by atoms with Crippen molar-refractivity contribution in [3.63, 3.8) is 0 Å². The number of ether oxygens (including phenoxy) is 1. The molecule has 0 radical (unpaired) electrons. The maximum atomic E-state index is 13.1. The van der Waals surface area contributed by atoms with Crippen molar-refractivity contribution in [2.24, 2.45) is 5.92 Å². The largest absolute Gasteiger partial charge is 0.494 e. The zero-order valence-electron chi connectivity index (χ0n) is 23.7. The normalized spacial score (nSPS) is 21.7. The lowest BCUT2D eigenvalue weighted by atomic mass is 10.0. The molecule has 40 heavy (non-hydrogen) atoms. The predicted molar refractivity (Wildman–Crippen MR) is 148 cm³/mol. The van der Waals surface area contributed by atoms with E-state index in [-0.39, 0.29) is 18.4 Å². The second-order valence-corrected chi connectivity index (χ2v) is 10.5. The lowest BCUT2D eigenvalue weighted by Gasteiger charge is -2.24. The van der Waals surface area contributed by atoms with Crippen LogP contribution in [0.4, 0.5) is 0 Å². The summed E-state index contributed by atoms with van der Waals surface area (Å²) in [6, 6.07) is 4.18. The smallest absolute Gasteiger partial charge is 0.251 e. The SMILES string of the molecule is CCCC[C@@H]1NC(=O)c2ccc(cc2)OCCCn2cc(nn2)CNC(=O)[C@@H](CC(C)C)NC(=O)[C@@H](C)NC1=O. The number of aromatic nitrogens is 3. The summed E-state index contributed by atoms with van der Waals surface area (Å²) in [6.45, 7) is 8.63. The molecule has 0 spiro atoms. The van der Waals surface area contributed by atoms with Crippen molar-refractivity contribution in [2.75, 3.05) is 6.61 Å². The van der Waals surface area contributed by atoms with Gasteiger partial charge in [0, 0.05) is 18.5 Å². The molecule has 3 heterocycles. The highest BCUT2D eigenvalue weighted by Gasteiger charge is 2.28. The first-order valence-electron chi connectivity index (χ1n) is 14.0. The fourth-order valence-corrected chi connectivity index (χ4v) is 4.25. The number of fused-ring (bicyclic) bond motifs is 16. The van der Waals surface area contributed by atoms with Crippen molar-refractivity contribution in [3.8, 4) is 5.75 Å². The number of aryl methyl sites for hydroxylation is 1. The van der Waals surface area contributed by atoms with Gasteiger partial charge in [0.25, 0.3) is 5.91 Å². The highest BCUT2D eigenvalue weighted by molar-refractivity contribution is 5.98. The van der Waals surface area contributed by atoms with Gasteiger partial charge < -0.3 is 26.0 Å². The van der Waals surface area contributed by atoms with Gasteiger partial charge >= 0.3 is 0 Å². The van der Waals surface area contributed by atoms with Gasteiger partial charge in [0.1, 0.15) is 29.6 Å². The van der Waals surface area contributed by atoms with Crippen LogP contribution < -0.4 is 26.0 Å². The molecule has 2 aliphatic rings. The van der Waals surface area contributed by atoms with Gasteiger partial charge in [-0.3, -0.25) is 23.9 Å². The molecule has 12 heteroatoms. The molecule has 0 fully saturated rings. The Balaban J connectivity index is 1.80. The third-order valence-corrected chi connectivity index (χ3v) is 6.51. The van der Waals surface area contributed by atoms with Crippen molar-refractivity contribution in [1.82, 2.24) is 36.3 Å². The van der Waals surface area contributed by atoms with Crippen molar-refractivity contribution in [1.29, 1.82) is 0 Å². The first-order chi connectivity index (χ1) is 19.2. The van der Waals surface area contributed by atoms with Gasteiger partial charge in [0.15, 0.2) is 0 Å². The van der Waals surface area contributed by atoms with Crippen molar-refractivity contribution >= 4 is 23.6 Å². The number of rotatable bonds is 5. The Morgan fingerprint density at radius 1 is 1.00 bits per heavy atom. The predicted octanol–water partition coefficient (Wildman–Crippen LogP) is 1.70. The quantitative estimate of drug-likeness (QED) is 0.409. The number of amides is 4. The Kier molecular flexibility index (Phi) is 11.5. The lowest BCUT2D eigenvalue weighted by Crippen LogP contribution is -2.56. The van der Waals surface area contributed by atoms with Crippen LogP contribution in [0, 0.1) is 5.92 Å². The molecule has 4 amide bonds. The summed E-state index contributed by atoms with van der Waals surface area (Å²) in [5.74, 6) is -0.943. The Morgan fingerprint density at radius 2 is 1.75 bits per heavy atom. The van der Waals surface area contributed by atoms with Gasteiger partial charge in [0.05, 0.1) is 19.3 Å². The number of benzene rings is 1. The van der Waals surface area contributed by atoms with Crippen LogP contribution in [0.5, 0.6) is 5.75 Å². The van der Waals surface area contributed by atoms with Crippen LogP contribution in [0.2, 0.25) is 0 Å². The standard InChI is InChI=1S/C28H41N7O5/c1-5-6-8-23-28(39)30-19(4)25(36)32-24(15-18(2)3)27(38)29-16-21-17-35(34-33-21)13-7-14-40-22-11-9-20(10-12-22)26(37)31-23/h9-12,17-19,23-24H,5-8,13-16H2,1-4H3,(H,29,38)(H,30,39)(H,31,37)(H,32,36)/t19-,23+,24-/m1/s1. The summed E-state index contributed by atoms with van der Waals surface area (Å²) in [5, 5.41) is 19.3. The molecule has 0 unspecified atom stereocenters. The monoisotopic (exact) mass is 555 g/mol. The first kappa shape index (κ1) is 30.6. The number of unbranched alkanes of at least 4 members (excludes halogenated alkanes) is 1. The highest BCUT2D eigenvalue weighted by Crippen LogP contribution is 2.14. The molecule has 4 rings (SSSR count). The number of hydrogen-bond donors (Lipinski definition) is 4. The van der Waals surface area contributed by atoms with E-state index in [0.717, 1.165) is 12.8 Å². The van der Waals surface area contributed by atoms with E-state index in [1.165, 1.54) is 0 Å². The van der Waals surface area contributed by atoms with Gasteiger partial charge in [0.2, 0.25) is 17.7 Å². The highest BCUT2D eigenvalue weighted by atomic mass is 16.5. The summed E-state index contributed by atoms with van der Waals surface area (Å²) in [6.07, 6.45) is 4.82. The molecular formula is C28H41N7O5. The van der Waals surface area contributed by atoms with Crippen molar-refractivity contribution in [3.05, 3.63) is 41.7 Å². The van der Waals surface area contributed by atoms with Crippen LogP contribution >= 0.6 is 0 Å². The molecule has 12 nitrogen and oxygen atoms in total. The summed E-state index contributed by atoms with van der Waals surface area (Å²) in [4.78, 5) is 52.1. The van der Waals surface area contributed by atoms with Crippen molar-refractivity contribution < 1.29 is 23.9 Å². The van der Waals surface area contributed by atoms with Crippen LogP contribution in [-0.2, 0) is 27.5 Å². The van der Waals surface area contributed by atoms with Gasteiger partial charge in [-0.2, -0.15) is 0 Å². The van der Waals surface area contributed by atoms with Crippen LogP contribution in [0.15, 0.2) is 30.5 Å². The summed E-state index contributed by atoms with van der Waals surface area (Å²) < 4.78 is 7.47. The van der Waals surface area contributed by atoms with Gasteiger partial charge in [-0.25, -0.2) is 0 Å². The molecule has 2 aliphatic heterocycles. The summed E-state index contributed by atoms with van der Waals surface area (Å²) in [5.41, 5.74) is 0.984. The number of nitrogens with zero attached hydrogens (tertiary/aromatic N) is 3. The second kappa shape index (κ2) is 15.0. The molecule has 1 aromatic heterocycles. The zero-order valence-corrected chi connectivity index (χ0v) is 23.7. The van der Waals surface area contributed by atoms with Gasteiger partial charge in [-0.05, 0) is 49.9 Å². The molecule has 0 aliphatic carbocycles. The van der Waals surface area contributed by atoms with E-state index in [1.807, 2.05) is 20.8 Å². The van der Waals surface area contributed by atoms with E-state index in [2.05, 4.69) is 31.6 Å². The lowest BCUT2D eigenvalue weighted by molar-refractivity contribution is -0.132. The van der Waals surface area contributed by atoms with E-state index in [1.54, 1.807) is 42.1 Å². The molecule has 0 saturated heterocycles. The summed E-state index contributed by atoms with van der Waals surface area (Å²) in [7, 11) is 0. The first-order valence-corrected chi connectivity index (χ1v) is 14.0. The zero-order chi connectivity index (χ0) is 29.1. The maximum Gasteiger partial charge on any atom is 0.251 e. The number of hydrogen-bond acceptors (Lipinski definition) is 7. The van der Waals surface area contributed by atoms with E-state index >= 15 is 0 Å². The van der Waals surface area contributed by atoms with Crippen molar-refractivity contribution in [2.45, 2.75) is 91.0 Å². The molecule has 3 atom stereocenters. The molecular weight excluding hydrogens is 514 g/mol. The average Bonchev–Trinajstić information content (AvgIpc) is 3.38. The third-order valence-electron chi connectivity index (χ3n) is 6.51. The Morgan fingerprint density at radius 3 is 2.45 bits per heavy atom. The number of carbonyl (C=O) groups excluding carboxylic acids is 4. The molecule has 2 aromatic rings. The number of nitrogens with one attached hydrogen (secondary N) is 4. The van der Waals surface area contributed by atoms with E-state index in [9.17, 15) is 19.2 Å². The minimum Gasteiger partial charge on any atom is -0.494 e. The molecule has 218 valence electrons. The molecule has 1 aromatic carbocycles. The third kappa shape index (κ3) is 9.35. The number of carbonyl (C=O) groups is 4. The maximum absolute atomic E-state index is 13.1. The molecule has 0 saturated carbocycles.